The minimum atomic E-state index is -3.23. The summed E-state index contributed by atoms with van der Waals surface area (Å²) in [5.41, 5.74) is 1.10. The number of aryl methyl sites for hydroxylation is 1. The normalized spacial score (nSPS) is 24.9. The maximum Gasteiger partial charge on any atom is 0.238 e. The molecule has 3 heterocycles. The second-order valence-corrected chi connectivity index (χ2v) is 8.57. The molecule has 0 spiro atoms. The molecule has 2 aliphatic heterocycles. The third-order valence-electron chi connectivity index (χ3n) is 4.62. The molecule has 0 bridgehead atoms. The molecule has 0 N–H and O–H groups in total. The first-order valence-electron chi connectivity index (χ1n) is 8.22. The molecule has 0 saturated carbocycles. The molecule has 23 heavy (non-hydrogen) atoms. The summed E-state index contributed by atoms with van der Waals surface area (Å²) in [5.74, 6) is 0.0834. The number of rotatable bonds is 4. The standard InChI is InChI=1S/C15H24N4O3S/c1-13-9-16-17(10-13)11-14-5-2-3-7-19(14)15(20)12-18-6-4-8-23(18,21)22/h9-10,14H,2-8,11-12H2,1H3/t14-/m0/s1. The zero-order valence-electron chi connectivity index (χ0n) is 13.5. The van der Waals surface area contributed by atoms with Gasteiger partial charge in [0, 0.05) is 19.3 Å². The summed E-state index contributed by atoms with van der Waals surface area (Å²) in [6.45, 7) is 3.82. The van der Waals surface area contributed by atoms with Crippen molar-refractivity contribution in [2.45, 2.75) is 45.2 Å². The van der Waals surface area contributed by atoms with Crippen molar-refractivity contribution in [1.29, 1.82) is 0 Å². The van der Waals surface area contributed by atoms with Crippen LogP contribution in [0.25, 0.3) is 0 Å². The van der Waals surface area contributed by atoms with Gasteiger partial charge in [-0.2, -0.15) is 9.40 Å². The highest BCUT2D eigenvalue weighted by molar-refractivity contribution is 7.89. The van der Waals surface area contributed by atoms with E-state index in [0.29, 0.717) is 26.1 Å². The Morgan fingerprint density at radius 2 is 2.13 bits per heavy atom. The van der Waals surface area contributed by atoms with E-state index in [0.717, 1.165) is 24.8 Å². The van der Waals surface area contributed by atoms with Crippen LogP contribution in [-0.2, 0) is 21.4 Å². The van der Waals surface area contributed by atoms with Crippen molar-refractivity contribution in [1.82, 2.24) is 19.0 Å². The molecule has 0 aliphatic carbocycles. The first-order valence-corrected chi connectivity index (χ1v) is 9.83. The van der Waals surface area contributed by atoms with Gasteiger partial charge in [-0.1, -0.05) is 0 Å². The summed E-state index contributed by atoms with van der Waals surface area (Å²) in [6, 6.07) is 0.0980. The molecule has 2 saturated heterocycles. The molecule has 1 amide bonds. The lowest BCUT2D eigenvalue weighted by atomic mass is 10.0. The summed E-state index contributed by atoms with van der Waals surface area (Å²) in [5, 5.41) is 4.30. The number of hydrogen-bond acceptors (Lipinski definition) is 4. The van der Waals surface area contributed by atoms with Crippen molar-refractivity contribution in [2.24, 2.45) is 0 Å². The van der Waals surface area contributed by atoms with Crippen molar-refractivity contribution >= 4 is 15.9 Å². The van der Waals surface area contributed by atoms with Crippen LogP contribution in [0.4, 0.5) is 0 Å². The molecule has 2 fully saturated rings. The van der Waals surface area contributed by atoms with E-state index in [1.807, 2.05) is 28.9 Å². The van der Waals surface area contributed by atoms with E-state index in [1.54, 1.807) is 0 Å². The molecule has 0 unspecified atom stereocenters. The highest BCUT2D eigenvalue weighted by Crippen LogP contribution is 2.20. The first-order chi connectivity index (χ1) is 11.0. The zero-order valence-corrected chi connectivity index (χ0v) is 14.3. The lowest BCUT2D eigenvalue weighted by Gasteiger charge is -2.36. The van der Waals surface area contributed by atoms with Gasteiger partial charge in [0.05, 0.1) is 31.1 Å². The van der Waals surface area contributed by atoms with Gasteiger partial charge in [-0.15, -0.1) is 0 Å². The highest BCUT2D eigenvalue weighted by atomic mass is 32.2. The Balaban J connectivity index is 1.66. The van der Waals surface area contributed by atoms with E-state index in [-0.39, 0.29) is 24.2 Å². The summed E-state index contributed by atoms with van der Waals surface area (Å²) in [7, 11) is -3.23. The van der Waals surface area contributed by atoms with Crippen LogP contribution in [0.2, 0.25) is 0 Å². The minimum Gasteiger partial charge on any atom is -0.337 e. The molecular formula is C15H24N4O3S. The van der Waals surface area contributed by atoms with Gasteiger partial charge in [-0.05, 0) is 38.2 Å². The van der Waals surface area contributed by atoms with E-state index in [9.17, 15) is 13.2 Å². The Labute approximate surface area is 137 Å². The molecule has 1 atom stereocenters. The van der Waals surface area contributed by atoms with Crippen LogP contribution in [0.3, 0.4) is 0 Å². The zero-order chi connectivity index (χ0) is 16.4. The van der Waals surface area contributed by atoms with Crippen LogP contribution in [0.1, 0.15) is 31.2 Å². The molecule has 1 aromatic heterocycles. The molecule has 8 heteroatoms. The van der Waals surface area contributed by atoms with Crippen molar-refractivity contribution < 1.29 is 13.2 Å². The van der Waals surface area contributed by atoms with E-state index in [4.69, 9.17) is 0 Å². The lowest BCUT2D eigenvalue weighted by molar-refractivity contribution is -0.135. The van der Waals surface area contributed by atoms with Crippen molar-refractivity contribution in [3.05, 3.63) is 18.0 Å². The number of amides is 1. The maximum absolute atomic E-state index is 12.6. The van der Waals surface area contributed by atoms with Gasteiger partial charge < -0.3 is 4.90 Å². The fourth-order valence-corrected chi connectivity index (χ4v) is 4.88. The Kier molecular flexibility index (Phi) is 4.72. The van der Waals surface area contributed by atoms with Crippen LogP contribution >= 0.6 is 0 Å². The third kappa shape index (κ3) is 3.74. The van der Waals surface area contributed by atoms with E-state index in [2.05, 4.69) is 5.10 Å². The van der Waals surface area contributed by atoms with Gasteiger partial charge in [-0.3, -0.25) is 9.48 Å². The molecular weight excluding hydrogens is 316 g/mol. The molecule has 3 rings (SSSR count). The Bertz CT molecular complexity index is 670. The first kappa shape index (κ1) is 16.4. The Morgan fingerprint density at radius 3 is 2.78 bits per heavy atom. The number of nitrogens with zero attached hydrogens (tertiary/aromatic N) is 4. The fraction of sp³-hybridized carbons (Fsp3) is 0.733. The number of aromatic nitrogens is 2. The summed E-state index contributed by atoms with van der Waals surface area (Å²) in [4.78, 5) is 14.5. The SMILES string of the molecule is Cc1cnn(C[C@@H]2CCCCN2C(=O)CN2CCCS2(=O)=O)c1. The molecule has 0 radical (unpaired) electrons. The number of carbonyl (C=O) groups is 1. The van der Waals surface area contributed by atoms with Crippen molar-refractivity contribution in [2.75, 3.05) is 25.4 Å². The topological polar surface area (TPSA) is 75.5 Å². The van der Waals surface area contributed by atoms with Crippen LogP contribution in [-0.4, -0.2) is 64.7 Å². The predicted octanol–water partition coefficient (Wildman–Crippen LogP) is 0.608. The average Bonchev–Trinajstić information content (AvgIpc) is 3.05. The quantitative estimate of drug-likeness (QED) is 0.805. The van der Waals surface area contributed by atoms with Crippen LogP contribution < -0.4 is 0 Å². The summed E-state index contributed by atoms with van der Waals surface area (Å²) < 4.78 is 27.0. The van der Waals surface area contributed by atoms with Gasteiger partial charge >= 0.3 is 0 Å². The fourth-order valence-electron chi connectivity index (χ4n) is 3.41. The second-order valence-electron chi connectivity index (χ2n) is 6.48. The summed E-state index contributed by atoms with van der Waals surface area (Å²) >= 11 is 0. The number of piperidine rings is 1. The molecule has 2 aliphatic rings. The molecule has 0 aromatic carbocycles. The molecule has 1 aromatic rings. The number of sulfonamides is 1. The summed E-state index contributed by atoms with van der Waals surface area (Å²) in [6.07, 6.45) is 7.42. The predicted molar refractivity (Wildman–Crippen MR) is 86.3 cm³/mol. The largest absolute Gasteiger partial charge is 0.337 e. The third-order valence-corrected chi connectivity index (χ3v) is 6.53. The van der Waals surface area contributed by atoms with Crippen LogP contribution in [0.15, 0.2) is 12.4 Å². The van der Waals surface area contributed by atoms with E-state index >= 15 is 0 Å². The molecule has 7 nitrogen and oxygen atoms in total. The van der Waals surface area contributed by atoms with Gasteiger partial charge in [0.15, 0.2) is 0 Å². The molecule has 128 valence electrons. The highest BCUT2D eigenvalue weighted by Gasteiger charge is 2.34. The maximum atomic E-state index is 12.6. The number of carbonyl (C=O) groups excluding carboxylic acids is 1. The number of hydrogen-bond donors (Lipinski definition) is 0. The smallest absolute Gasteiger partial charge is 0.238 e. The van der Waals surface area contributed by atoms with Gasteiger partial charge in [0.25, 0.3) is 0 Å². The Hall–Kier alpha value is -1.41. The second kappa shape index (κ2) is 6.60. The Morgan fingerprint density at radius 1 is 1.30 bits per heavy atom. The van der Waals surface area contributed by atoms with Gasteiger partial charge in [-0.25, -0.2) is 8.42 Å². The van der Waals surface area contributed by atoms with E-state index < -0.39 is 10.0 Å². The number of likely N-dealkylation sites (tertiary alicyclic amines) is 1. The monoisotopic (exact) mass is 340 g/mol. The van der Waals surface area contributed by atoms with E-state index in [1.165, 1.54) is 4.31 Å². The van der Waals surface area contributed by atoms with Gasteiger partial charge in [0.1, 0.15) is 0 Å². The van der Waals surface area contributed by atoms with Gasteiger partial charge in [0.2, 0.25) is 15.9 Å². The van der Waals surface area contributed by atoms with Crippen molar-refractivity contribution in [3.8, 4) is 0 Å². The minimum absolute atomic E-state index is 0.0169. The van der Waals surface area contributed by atoms with Crippen LogP contribution in [0.5, 0.6) is 0 Å². The lowest BCUT2D eigenvalue weighted by Crippen LogP contribution is -2.49. The average molecular weight is 340 g/mol. The van der Waals surface area contributed by atoms with Crippen LogP contribution in [0, 0.1) is 6.92 Å². The van der Waals surface area contributed by atoms with Crippen molar-refractivity contribution in [3.63, 3.8) is 0 Å².